The molecule has 0 unspecified atom stereocenters. The summed E-state index contributed by atoms with van der Waals surface area (Å²) in [5, 5.41) is 18.5. The van der Waals surface area contributed by atoms with Gasteiger partial charge in [-0.3, -0.25) is 23.7 Å². The first-order chi connectivity index (χ1) is 11.8. The van der Waals surface area contributed by atoms with Crippen LogP contribution in [0.1, 0.15) is 13.8 Å². The van der Waals surface area contributed by atoms with Crippen LogP contribution in [0.3, 0.4) is 0 Å². The highest BCUT2D eigenvalue weighted by Crippen LogP contribution is 2.03. The molecule has 0 bridgehead atoms. The molecule has 7 heteroatoms. The van der Waals surface area contributed by atoms with E-state index in [1.165, 1.54) is 13.8 Å². The maximum Gasteiger partial charge on any atom is 0.304 e. The van der Waals surface area contributed by atoms with Gasteiger partial charge in [0.05, 0.1) is 21.5 Å². The quantitative estimate of drug-likeness (QED) is 0.544. The lowest BCUT2D eigenvalue weighted by Gasteiger charge is -2.04. The molecule has 1 aliphatic carbocycles. The summed E-state index contributed by atoms with van der Waals surface area (Å²) >= 11 is 0. The fourth-order valence-corrected chi connectivity index (χ4v) is 2.96. The smallest absolute Gasteiger partial charge is 0.304 e. The van der Waals surface area contributed by atoms with E-state index in [0.29, 0.717) is 5.69 Å². The van der Waals surface area contributed by atoms with Gasteiger partial charge in [0.25, 0.3) is 5.43 Å². The van der Waals surface area contributed by atoms with Gasteiger partial charge in [0.2, 0.25) is 10.9 Å². The Morgan fingerprint density at radius 2 is 1.36 bits per heavy atom. The lowest BCUT2D eigenvalue weighted by molar-refractivity contribution is 0.489. The number of aliphatic hydroxyl groups excluding tert-OH is 2. The minimum Gasteiger partial charge on any atom is -0.512 e. The molecule has 0 radical (unpaired) electrons. The van der Waals surface area contributed by atoms with Crippen molar-refractivity contribution < 1.29 is 10.2 Å². The van der Waals surface area contributed by atoms with Crippen molar-refractivity contribution in [3.05, 3.63) is 92.4 Å². The van der Waals surface area contributed by atoms with Crippen molar-refractivity contribution in [2.45, 2.75) is 13.8 Å². The molecule has 0 aromatic heterocycles. The van der Waals surface area contributed by atoms with Crippen LogP contribution in [0.25, 0.3) is 17.2 Å². The van der Waals surface area contributed by atoms with Crippen LogP contribution < -0.4 is 32.3 Å². The third kappa shape index (κ3) is 2.20. The second-order valence-corrected chi connectivity index (χ2v) is 5.61. The average molecular weight is 339 g/mol. The summed E-state index contributed by atoms with van der Waals surface area (Å²) in [5.41, 5.74) is -4.15. The van der Waals surface area contributed by atoms with Crippen molar-refractivity contribution in [3.8, 4) is 5.69 Å². The molecule has 0 fully saturated rings. The Morgan fingerprint density at radius 1 is 0.800 bits per heavy atom. The zero-order valence-corrected chi connectivity index (χ0v) is 13.4. The molecule has 25 heavy (non-hydrogen) atoms. The number of rotatable bonds is 1. The van der Waals surface area contributed by atoms with E-state index < -0.39 is 43.8 Å². The third-order valence-corrected chi connectivity index (χ3v) is 3.97. The fourth-order valence-electron chi connectivity index (χ4n) is 2.96. The van der Waals surface area contributed by atoms with Crippen LogP contribution in [-0.2, 0) is 0 Å². The molecule has 0 spiro atoms. The minimum absolute atomic E-state index is 0.186. The molecule has 0 saturated heterocycles. The maximum atomic E-state index is 12.5. The summed E-state index contributed by atoms with van der Waals surface area (Å²) in [4.78, 5) is 49.4. The van der Waals surface area contributed by atoms with E-state index in [9.17, 15) is 29.4 Å². The van der Waals surface area contributed by atoms with E-state index in [4.69, 9.17) is 0 Å². The first-order valence-corrected chi connectivity index (χ1v) is 7.35. The van der Waals surface area contributed by atoms with Crippen molar-refractivity contribution in [1.82, 2.24) is 4.57 Å². The highest BCUT2D eigenvalue weighted by Gasteiger charge is 2.19. The van der Waals surface area contributed by atoms with Gasteiger partial charge < -0.3 is 10.2 Å². The van der Waals surface area contributed by atoms with Crippen molar-refractivity contribution in [2.75, 3.05) is 0 Å². The fraction of sp³-hybridized carbons (Fsp3) is 0.111. The average Bonchev–Trinajstić information content (AvgIpc) is 2.82. The van der Waals surface area contributed by atoms with Crippen molar-refractivity contribution in [2.24, 2.45) is 0 Å². The SMILES string of the molecule is CC(O)=c1c(=O)c(=O)c2c(=O)c(=O)n(-c3ccccc3)c=2c1=C(C)O. The van der Waals surface area contributed by atoms with E-state index >= 15 is 0 Å². The van der Waals surface area contributed by atoms with Gasteiger partial charge in [0, 0.05) is 5.69 Å². The predicted octanol–water partition coefficient (Wildman–Crippen LogP) is -1.11. The van der Waals surface area contributed by atoms with Crippen LogP contribution >= 0.6 is 0 Å². The Labute approximate surface area is 139 Å². The van der Waals surface area contributed by atoms with Crippen LogP contribution in [0.4, 0.5) is 0 Å². The Kier molecular flexibility index (Phi) is 3.64. The highest BCUT2D eigenvalue weighted by molar-refractivity contribution is 5.43. The van der Waals surface area contributed by atoms with Gasteiger partial charge in [0.1, 0.15) is 11.0 Å². The largest absolute Gasteiger partial charge is 0.512 e. The van der Waals surface area contributed by atoms with Crippen LogP contribution in [0, 0.1) is 10.6 Å². The maximum absolute atomic E-state index is 12.5. The van der Waals surface area contributed by atoms with E-state index in [-0.39, 0.29) is 10.6 Å². The molecular weight excluding hydrogens is 326 g/mol. The van der Waals surface area contributed by atoms with Crippen LogP contribution in [0.5, 0.6) is 0 Å². The topological polar surface area (TPSA) is 114 Å². The molecule has 7 nitrogen and oxygen atoms in total. The second-order valence-electron chi connectivity index (χ2n) is 5.61. The molecule has 1 heterocycles. The van der Waals surface area contributed by atoms with Gasteiger partial charge >= 0.3 is 5.56 Å². The van der Waals surface area contributed by atoms with Gasteiger partial charge in [-0.2, -0.15) is 0 Å². The number of benzene rings is 1. The summed E-state index contributed by atoms with van der Waals surface area (Å²) in [6, 6.07) is 8.05. The van der Waals surface area contributed by atoms with E-state index in [2.05, 4.69) is 0 Å². The van der Waals surface area contributed by atoms with E-state index in [0.717, 1.165) is 4.57 Å². The lowest BCUT2D eigenvalue weighted by Crippen LogP contribution is -2.51. The summed E-state index contributed by atoms with van der Waals surface area (Å²) in [6.07, 6.45) is 0. The molecule has 1 aromatic carbocycles. The highest BCUT2D eigenvalue weighted by atomic mass is 16.3. The molecule has 2 aliphatic rings. The van der Waals surface area contributed by atoms with Crippen molar-refractivity contribution >= 4 is 11.5 Å². The Hall–Kier alpha value is -3.48. The van der Waals surface area contributed by atoms with E-state index in [1.54, 1.807) is 30.3 Å². The van der Waals surface area contributed by atoms with Crippen molar-refractivity contribution in [3.63, 3.8) is 0 Å². The number of nitrogens with zero attached hydrogens (tertiary/aromatic N) is 1. The van der Waals surface area contributed by atoms with Crippen LogP contribution in [0.2, 0.25) is 0 Å². The standard InChI is InChI=1S/C18H13NO6/c1-8(20)11-12(9(2)21)15(22)16(23)13-14(11)19(18(25)17(13)24)10-6-4-3-5-7-10/h3-7,20-21H,1-2H3. The van der Waals surface area contributed by atoms with Crippen LogP contribution in [-0.4, -0.2) is 14.8 Å². The van der Waals surface area contributed by atoms with Crippen LogP contribution in [0.15, 0.2) is 49.5 Å². The zero-order chi connectivity index (χ0) is 18.5. The lowest BCUT2D eigenvalue weighted by atomic mass is 10.1. The number of hydrogen-bond acceptors (Lipinski definition) is 6. The number of aromatic nitrogens is 1. The molecule has 1 aliphatic heterocycles. The summed E-state index contributed by atoms with van der Waals surface area (Å²) < 4.78 is 0.972. The number of hydrogen-bond donors (Lipinski definition) is 2. The summed E-state index contributed by atoms with van der Waals surface area (Å²) in [7, 11) is 0. The van der Waals surface area contributed by atoms with Gasteiger partial charge in [-0.1, -0.05) is 18.2 Å². The molecule has 1 aromatic rings. The third-order valence-electron chi connectivity index (χ3n) is 3.97. The number of aliphatic hydroxyl groups is 2. The molecule has 0 amide bonds. The number of para-hydroxylation sites is 1. The van der Waals surface area contributed by atoms with E-state index in [1.807, 2.05) is 0 Å². The van der Waals surface area contributed by atoms with Gasteiger partial charge in [-0.15, -0.1) is 0 Å². The Bertz CT molecular complexity index is 1380. The minimum atomic E-state index is -1.18. The molecule has 0 saturated carbocycles. The molecule has 3 rings (SSSR count). The predicted molar refractivity (Wildman–Crippen MR) is 91.2 cm³/mol. The second kappa shape index (κ2) is 5.55. The molecule has 2 N–H and O–H groups in total. The van der Waals surface area contributed by atoms with Gasteiger partial charge in [-0.05, 0) is 26.0 Å². The van der Waals surface area contributed by atoms with Gasteiger partial charge in [-0.25, -0.2) is 0 Å². The summed E-state index contributed by atoms with van der Waals surface area (Å²) in [6.45, 7) is 2.42. The first-order valence-electron chi connectivity index (χ1n) is 7.35. The summed E-state index contributed by atoms with van der Waals surface area (Å²) in [5.74, 6) is -0.895. The zero-order valence-electron chi connectivity index (χ0n) is 13.4. The van der Waals surface area contributed by atoms with Crippen molar-refractivity contribution in [1.29, 1.82) is 0 Å². The first kappa shape index (κ1) is 16.4. The normalized spacial score (nSPS) is 13.8. The molecule has 0 atom stereocenters. The Morgan fingerprint density at radius 3 is 1.88 bits per heavy atom. The molecular formula is C18H13NO6. The molecule has 126 valence electrons. The monoisotopic (exact) mass is 339 g/mol. The van der Waals surface area contributed by atoms with Gasteiger partial charge in [0.15, 0.2) is 0 Å². The Balaban J connectivity index is 2.97.